The summed E-state index contributed by atoms with van der Waals surface area (Å²) in [7, 11) is 0. The van der Waals surface area contributed by atoms with E-state index in [-0.39, 0.29) is 5.91 Å². The monoisotopic (exact) mass is 394 g/mol. The number of ether oxygens (including phenoxy) is 2. The highest BCUT2D eigenvalue weighted by molar-refractivity contribution is 7.16. The van der Waals surface area contributed by atoms with E-state index < -0.39 is 0 Å². The molecule has 0 aliphatic carbocycles. The van der Waals surface area contributed by atoms with Crippen molar-refractivity contribution in [1.29, 1.82) is 0 Å². The molecule has 4 aromatic rings. The highest BCUT2D eigenvalue weighted by Crippen LogP contribution is 2.37. The molecule has 3 aromatic heterocycles. The van der Waals surface area contributed by atoms with Gasteiger partial charge in [-0.1, -0.05) is 0 Å². The Bertz CT molecular complexity index is 1200. The summed E-state index contributed by atoms with van der Waals surface area (Å²) in [5, 5.41) is 14.6. The van der Waals surface area contributed by atoms with Crippen LogP contribution in [0.3, 0.4) is 0 Å². The van der Waals surface area contributed by atoms with Gasteiger partial charge in [-0.25, -0.2) is 4.98 Å². The van der Waals surface area contributed by atoms with Crippen molar-refractivity contribution in [2.75, 3.05) is 18.5 Å². The molecule has 1 amide bonds. The van der Waals surface area contributed by atoms with Crippen LogP contribution in [-0.4, -0.2) is 44.1 Å². The van der Waals surface area contributed by atoms with Crippen molar-refractivity contribution < 1.29 is 14.3 Å². The first-order valence-electron chi connectivity index (χ1n) is 8.54. The van der Waals surface area contributed by atoms with Crippen LogP contribution < -0.4 is 14.8 Å². The summed E-state index contributed by atoms with van der Waals surface area (Å²) < 4.78 is 12.7. The molecule has 9 nitrogen and oxygen atoms in total. The zero-order valence-corrected chi connectivity index (χ0v) is 15.6. The lowest BCUT2D eigenvalue weighted by Crippen LogP contribution is -2.15. The molecule has 4 heterocycles. The average Bonchev–Trinajstić information content (AvgIpc) is 3.33. The van der Waals surface area contributed by atoms with Crippen molar-refractivity contribution in [3.63, 3.8) is 0 Å². The normalized spacial score (nSPS) is 12.9. The lowest BCUT2D eigenvalue weighted by atomic mass is 10.1. The summed E-state index contributed by atoms with van der Waals surface area (Å²) in [6.45, 7) is 3.03. The van der Waals surface area contributed by atoms with Crippen molar-refractivity contribution in [2.45, 2.75) is 6.92 Å². The van der Waals surface area contributed by atoms with E-state index in [2.05, 4.69) is 25.8 Å². The number of fused-ring (bicyclic) bond motifs is 2. The molecule has 1 aliphatic rings. The standard InChI is InChI=1S/C18H14N6O3S/c1-10-15(11-4-5-13-14(9-11)27-8-7-26-13)19-18(28-10)20-17(25)12-3-2-6-24-16(12)21-22-23-24/h2-6,9H,7-8H2,1H3,(H,19,20,25). The number of aromatic nitrogens is 5. The quantitative estimate of drug-likeness (QED) is 0.569. The number of rotatable bonds is 3. The fourth-order valence-corrected chi connectivity index (χ4v) is 3.85. The van der Waals surface area contributed by atoms with Crippen LogP contribution in [0.4, 0.5) is 5.13 Å². The van der Waals surface area contributed by atoms with Gasteiger partial charge >= 0.3 is 0 Å². The number of thiazole rings is 1. The summed E-state index contributed by atoms with van der Waals surface area (Å²) in [5.41, 5.74) is 2.46. The smallest absolute Gasteiger partial charge is 0.261 e. The maximum Gasteiger partial charge on any atom is 0.261 e. The number of anilines is 1. The van der Waals surface area contributed by atoms with E-state index in [9.17, 15) is 4.79 Å². The molecule has 28 heavy (non-hydrogen) atoms. The second-order valence-electron chi connectivity index (χ2n) is 6.11. The van der Waals surface area contributed by atoms with Gasteiger partial charge in [0.05, 0.1) is 11.3 Å². The van der Waals surface area contributed by atoms with Gasteiger partial charge < -0.3 is 9.47 Å². The fraction of sp³-hybridized carbons (Fsp3) is 0.167. The van der Waals surface area contributed by atoms with Gasteiger partial charge in [-0.2, -0.15) is 4.52 Å². The average molecular weight is 394 g/mol. The first-order valence-corrected chi connectivity index (χ1v) is 9.36. The molecule has 0 unspecified atom stereocenters. The molecule has 0 atom stereocenters. The van der Waals surface area contributed by atoms with Gasteiger partial charge in [0.15, 0.2) is 22.3 Å². The Kier molecular flexibility index (Phi) is 3.90. The lowest BCUT2D eigenvalue weighted by Gasteiger charge is -2.18. The second kappa shape index (κ2) is 6.57. The van der Waals surface area contributed by atoms with Crippen LogP contribution in [0, 0.1) is 6.92 Å². The van der Waals surface area contributed by atoms with Crippen molar-refractivity contribution in [3.05, 3.63) is 47.0 Å². The van der Waals surface area contributed by atoms with E-state index in [4.69, 9.17) is 9.47 Å². The summed E-state index contributed by atoms with van der Waals surface area (Å²) >= 11 is 1.40. The molecule has 140 valence electrons. The Morgan fingerprint density at radius 3 is 2.96 bits per heavy atom. The SMILES string of the molecule is Cc1sc(NC(=O)c2cccn3nnnc23)nc1-c1ccc2c(c1)OCCO2. The van der Waals surface area contributed by atoms with E-state index in [1.807, 2.05) is 25.1 Å². The number of benzene rings is 1. The van der Waals surface area contributed by atoms with Crippen LogP contribution in [0.5, 0.6) is 11.5 Å². The Morgan fingerprint density at radius 1 is 1.21 bits per heavy atom. The van der Waals surface area contributed by atoms with Gasteiger partial charge in [-0.3, -0.25) is 10.1 Å². The predicted octanol–water partition coefficient (Wildman–Crippen LogP) is 2.58. The second-order valence-corrected chi connectivity index (χ2v) is 7.31. The number of hydrogen-bond acceptors (Lipinski definition) is 8. The third-order valence-electron chi connectivity index (χ3n) is 4.30. The molecule has 0 fully saturated rings. The number of carbonyl (C=O) groups excluding carboxylic acids is 1. The van der Waals surface area contributed by atoms with E-state index in [0.29, 0.717) is 35.3 Å². The number of pyridine rings is 1. The van der Waals surface area contributed by atoms with Gasteiger partial charge in [0.25, 0.3) is 5.91 Å². The third-order valence-corrected chi connectivity index (χ3v) is 5.19. The Labute approximate surface area is 162 Å². The molecule has 10 heteroatoms. The van der Waals surface area contributed by atoms with Crippen molar-refractivity contribution in [1.82, 2.24) is 25.0 Å². The first kappa shape index (κ1) is 16.6. The van der Waals surface area contributed by atoms with Crippen LogP contribution in [0.15, 0.2) is 36.5 Å². The number of carbonyl (C=O) groups is 1. The topological polar surface area (TPSA) is 104 Å². The number of hydrogen-bond donors (Lipinski definition) is 1. The minimum atomic E-state index is -0.317. The van der Waals surface area contributed by atoms with Crippen LogP contribution in [0.25, 0.3) is 16.9 Å². The summed E-state index contributed by atoms with van der Waals surface area (Å²) in [6, 6.07) is 9.10. The zero-order valence-electron chi connectivity index (χ0n) is 14.7. The van der Waals surface area contributed by atoms with Crippen molar-refractivity contribution in [2.24, 2.45) is 0 Å². The first-order chi connectivity index (χ1) is 13.7. The number of tetrazole rings is 1. The third kappa shape index (κ3) is 2.83. The zero-order chi connectivity index (χ0) is 19.1. The van der Waals surface area contributed by atoms with Crippen LogP contribution in [0.2, 0.25) is 0 Å². The number of nitrogens with one attached hydrogen (secondary N) is 1. The molecule has 1 aromatic carbocycles. The van der Waals surface area contributed by atoms with Crippen LogP contribution in [0.1, 0.15) is 15.2 Å². The summed E-state index contributed by atoms with van der Waals surface area (Å²) in [4.78, 5) is 18.3. The molecule has 0 saturated heterocycles. The van der Waals surface area contributed by atoms with Gasteiger partial charge in [-0.05, 0) is 47.7 Å². The minimum absolute atomic E-state index is 0.317. The molecule has 0 spiro atoms. The van der Waals surface area contributed by atoms with E-state index in [1.54, 1.807) is 18.3 Å². The molecule has 0 bridgehead atoms. The largest absolute Gasteiger partial charge is 0.486 e. The molecule has 1 aliphatic heterocycles. The van der Waals surface area contributed by atoms with Crippen LogP contribution >= 0.6 is 11.3 Å². The van der Waals surface area contributed by atoms with Gasteiger partial charge in [0, 0.05) is 16.6 Å². The lowest BCUT2D eigenvalue weighted by molar-refractivity contribution is 0.102. The van der Waals surface area contributed by atoms with Gasteiger partial charge in [-0.15, -0.1) is 16.4 Å². The van der Waals surface area contributed by atoms with Gasteiger partial charge in [0.1, 0.15) is 13.2 Å². The highest BCUT2D eigenvalue weighted by atomic mass is 32.1. The molecule has 0 radical (unpaired) electrons. The highest BCUT2D eigenvalue weighted by Gasteiger charge is 2.18. The van der Waals surface area contributed by atoms with E-state index >= 15 is 0 Å². The molecule has 5 rings (SSSR count). The Balaban J connectivity index is 1.44. The fourth-order valence-electron chi connectivity index (χ4n) is 3.02. The molecule has 1 N–H and O–H groups in total. The van der Waals surface area contributed by atoms with Gasteiger partial charge in [0.2, 0.25) is 0 Å². The van der Waals surface area contributed by atoms with E-state index in [0.717, 1.165) is 21.9 Å². The maximum absolute atomic E-state index is 12.7. The number of aryl methyl sites for hydroxylation is 1. The Morgan fingerprint density at radius 2 is 2.07 bits per heavy atom. The molecule has 0 saturated carbocycles. The maximum atomic E-state index is 12.7. The minimum Gasteiger partial charge on any atom is -0.486 e. The molecular formula is C18H14N6O3S. The van der Waals surface area contributed by atoms with Crippen molar-refractivity contribution >= 4 is 28.0 Å². The van der Waals surface area contributed by atoms with Crippen molar-refractivity contribution in [3.8, 4) is 22.8 Å². The summed E-state index contributed by atoms with van der Waals surface area (Å²) in [5.74, 6) is 1.11. The number of amides is 1. The summed E-state index contributed by atoms with van der Waals surface area (Å²) in [6.07, 6.45) is 1.68. The van der Waals surface area contributed by atoms with Crippen LogP contribution in [-0.2, 0) is 0 Å². The number of nitrogens with zero attached hydrogens (tertiary/aromatic N) is 5. The molecular weight excluding hydrogens is 380 g/mol. The van der Waals surface area contributed by atoms with E-state index in [1.165, 1.54) is 15.9 Å². The predicted molar refractivity (Wildman–Crippen MR) is 102 cm³/mol. The Hall–Kier alpha value is -3.53.